The van der Waals surface area contributed by atoms with Crippen LogP contribution < -0.4 is 4.74 Å². The van der Waals surface area contributed by atoms with Crippen molar-refractivity contribution in [2.24, 2.45) is 0 Å². The third-order valence-corrected chi connectivity index (χ3v) is 2.54. The lowest BCUT2D eigenvalue weighted by atomic mass is 10.0. The third kappa shape index (κ3) is 3.93. The number of ether oxygens (including phenoxy) is 1. The van der Waals surface area contributed by atoms with Crippen molar-refractivity contribution < 1.29 is 17.9 Å². The van der Waals surface area contributed by atoms with Crippen LogP contribution in [-0.2, 0) is 12.6 Å². The van der Waals surface area contributed by atoms with Gasteiger partial charge in [-0.05, 0) is 43.5 Å². The summed E-state index contributed by atoms with van der Waals surface area (Å²) >= 11 is 0. The molecule has 2 rings (SSSR count). The molecule has 4 heteroatoms. The summed E-state index contributed by atoms with van der Waals surface area (Å²) in [5.74, 6) is 0.585. The first kappa shape index (κ1) is 14.9. The Bertz CT molecular complexity index is 385. The Morgan fingerprint density at radius 1 is 1.28 bits per heavy atom. The molecule has 0 amide bonds. The highest BCUT2D eigenvalue weighted by Crippen LogP contribution is 2.35. The molecule has 1 nitrogen and oxygen atoms in total. The summed E-state index contributed by atoms with van der Waals surface area (Å²) < 4.78 is 42.6. The Balaban J connectivity index is 0.000000492. The normalized spacial score (nSPS) is 18.2. The van der Waals surface area contributed by atoms with Gasteiger partial charge in [0.15, 0.2) is 0 Å². The second-order valence-corrected chi connectivity index (χ2v) is 4.49. The van der Waals surface area contributed by atoms with Gasteiger partial charge in [-0.15, -0.1) is 0 Å². The van der Waals surface area contributed by atoms with Gasteiger partial charge < -0.3 is 4.74 Å². The first-order valence-corrected chi connectivity index (χ1v) is 6.25. The predicted molar refractivity (Wildman–Crippen MR) is 65.8 cm³/mol. The Morgan fingerprint density at radius 2 is 1.89 bits per heavy atom. The zero-order valence-corrected chi connectivity index (χ0v) is 11.0. The lowest BCUT2D eigenvalue weighted by molar-refractivity contribution is -0.137. The molecular formula is C14H19F3O. The summed E-state index contributed by atoms with van der Waals surface area (Å²) in [5, 5.41) is 0. The van der Waals surface area contributed by atoms with Gasteiger partial charge in [-0.1, -0.05) is 20.3 Å². The van der Waals surface area contributed by atoms with Crippen LogP contribution in [0.5, 0.6) is 5.75 Å². The summed E-state index contributed by atoms with van der Waals surface area (Å²) in [5.41, 5.74) is 0.0577. The van der Waals surface area contributed by atoms with Gasteiger partial charge in [0.1, 0.15) is 5.75 Å². The smallest absolute Gasteiger partial charge is 0.416 e. The molecule has 0 aromatic heterocycles. The Labute approximate surface area is 106 Å². The summed E-state index contributed by atoms with van der Waals surface area (Å²) in [6, 6.07) is 3.66. The molecule has 0 N–H and O–H groups in total. The maximum absolute atomic E-state index is 12.4. The van der Waals surface area contributed by atoms with Crippen molar-refractivity contribution in [1.29, 1.82) is 0 Å². The highest BCUT2D eigenvalue weighted by molar-refractivity contribution is 5.39. The van der Waals surface area contributed by atoms with Crippen LogP contribution in [0.15, 0.2) is 18.2 Å². The van der Waals surface area contributed by atoms with Gasteiger partial charge in [0.2, 0.25) is 0 Å². The van der Waals surface area contributed by atoms with E-state index in [0.717, 1.165) is 12.5 Å². The van der Waals surface area contributed by atoms with Crippen LogP contribution in [0.4, 0.5) is 13.2 Å². The van der Waals surface area contributed by atoms with Gasteiger partial charge in [-0.25, -0.2) is 0 Å². The second-order valence-electron chi connectivity index (χ2n) is 4.49. The summed E-state index contributed by atoms with van der Waals surface area (Å²) in [6.07, 6.45) is -1.50. The number of fused-ring (bicyclic) bond motifs is 1. The van der Waals surface area contributed by atoms with Crippen molar-refractivity contribution in [3.8, 4) is 5.75 Å². The zero-order valence-electron chi connectivity index (χ0n) is 11.0. The molecule has 0 bridgehead atoms. The number of rotatable bonds is 0. The van der Waals surface area contributed by atoms with Crippen LogP contribution in [0, 0.1) is 0 Å². The second kappa shape index (κ2) is 6.12. The Hall–Kier alpha value is -1.19. The molecule has 18 heavy (non-hydrogen) atoms. The molecule has 1 aliphatic heterocycles. The Kier molecular flexibility index (Phi) is 5.05. The van der Waals surface area contributed by atoms with Crippen LogP contribution in [-0.4, -0.2) is 6.10 Å². The number of aryl methyl sites for hydroxylation is 1. The predicted octanol–water partition coefficient (Wildman–Crippen LogP) is 4.84. The van der Waals surface area contributed by atoms with Gasteiger partial charge in [-0.2, -0.15) is 13.2 Å². The van der Waals surface area contributed by atoms with E-state index in [1.807, 2.05) is 6.92 Å². The van der Waals surface area contributed by atoms with E-state index in [1.54, 1.807) is 0 Å². The molecule has 1 aliphatic rings. The molecule has 1 unspecified atom stereocenters. The topological polar surface area (TPSA) is 9.23 Å². The third-order valence-electron chi connectivity index (χ3n) is 2.54. The van der Waals surface area contributed by atoms with E-state index in [0.29, 0.717) is 17.7 Å². The van der Waals surface area contributed by atoms with E-state index in [9.17, 15) is 13.2 Å². The number of hydrogen-bond donors (Lipinski definition) is 0. The van der Waals surface area contributed by atoms with Crippen molar-refractivity contribution in [2.45, 2.75) is 52.3 Å². The minimum Gasteiger partial charge on any atom is -0.490 e. The van der Waals surface area contributed by atoms with E-state index < -0.39 is 11.7 Å². The highest BCUT2D eigenvalue weighted by atomic mass is 19.4. The van der Waals surface area contributed by atoms with E-state index in [-0.39, 0.29) is 6.10 Å². The lowest BCUT2D eigenvalue weighted by Crippen LogP contribution is -2.19. The van der Waals surface area contributed by atoms with Gasteiger partial charge >= 0.3 is 6.18 Å². The lowest BCUT2D eigenvalue weighted by Gasteiger charge is -2.23. The summed E-state index contributed by atoms with van der Waals surface area (Å²) in [7, 11) is 0. The van der Waals surface area contributed by atoms with Crippen molar-refractivity contribution in [3.63, 3.8) is 0 Å². The molecule has 0 spiro atoms. The fourth-order valence-corrected chi connectivity index (χ4v) is 1.70. The van der Waals surface area contributed by atoms with Crippen molar-refractivity contribution in [2.75, 3.05) is 0 Å². The van der Waals surface area contributed by atoms with E-state index in [2.05, 4.69) is 13.8 Å². The van der Waals surface area contributed by atoms with Crippen LogP contribution in [0.1, 0.15) is 44.7 Å². The Morgan fingerprint density at radius 3 is 2.44 bits per heavy atom. The number of benzene rings is 1. The molecule has 0 radical (unpaired) electrons. The molecule has 0 aliphatic carbocycles. The van der Waals surface area contributed by atoms with Crippen molar-refractivity contribution >= 4 is 0 Å². The molecule has 0 fully saturated rings. The molecule has 1 aromatic rings. The zero-order chi connectivity index (χ0) is 13.8. The SMILES string of the molecule is CC1CCc2cc(C(F)(F)F)ccc2O1.CCC. The molecule has 0 saturated heterocycles. The fourth-order valence-electron chi connectivity index (χ4n) is 1.70. The highest BCUT2D eigenvalue weighted by Gasteiger charge is 2.31. The monoisotopic (exact) mass is 260 g/mol. The minimum absolute atomic E-state index is 0.0919. The van der Waals surface area contributed by atoms with Crippen molar-refractivity contribution in [3.05, 3.63) is 29.3 Å². The number of halogens is 3. The van der Waals surface area contributed by atoms with Crippen LogP contribution in [0.25, 0.3) is 0 Å². The fraction of sp³-hybridized carbons (Fsp3) is 0.571. The average molecular weight is 260 g/mol. The van der Waals surface area contributed by atoms with Gasteiger partial charge in [0.05, 0.1) is 11.7 Å². The molecule has 1 aromatic carbocycles. The maximum Gasteiger partial charge on any atom is 0.416 e. The molecular weight excluding hydrogens is 241 g/mol. The van der Waals surface area contributed by atoms with E-state index in [4.69, 9.17) is 4.74 Å². The van der Waals surface area contributed by atoms with Crippen molar-refractivity contribution in [1.82, 2.24) is 0 Å². The number of alkyl halides is 3. The first-order valence-electron chi connectivity index (χ1n) is 6.25. The average Bonchev–Trinajstić information content (AvgIpc) is 2.28. The molecule has 0 saturated carbocycles. The summed E-state index contributed by atoms with van der Waals surface area (Å²) in [4.78, 5) is 0. The largest absolute Gasteiger partial charge is 0.490 e. The van der Waals surface area contributed by atoms with Gasteiger partial charge in [-0.3, -0.25) is 0 Å². The standard InChI is InChI=1S/C11H11F3O.C3H8/c1-7-2-3-8-6-9(11(12,13)14)4-5-10(8)15-7;1-3-2/h4-7H,2-3H2,1H3;3H2,1-2H3. The maximum atomic E-state index is 12.4. The van der Waals surface area contributed by atoms with Gasteiger partial charge in [0, 0.05) is 0 Å². The van der Waals surface area contributed by atoms with E-state index >= 15 is 0 Å². The van der Waals surface area contributed by atoms with Crippen LogP contribution in [0.3, 0.4) is 0 Å². The molecule has 1 atom stereocenters. The van der Waals surface area contributed by atoms with Crippen LogP contribution in [0.2, 0.25) is 0 Å². The quantitative estimate of drug-likeness (QED) is 0.649. The molecule has 1 heterocycles. The molecule has 102 valence electrons. The summed E-state index contributed by atoms with van der Waals surface area (Å²) in [6.45, 7) is 6.17. The van der Waals surface area contributed by atoms with Gasteiger partial charge in [0.25, 0.3) is 0 Å². The van der Waals surface area contributed by atoms with Crippen LogP contribution >= 0.6 is 0 Å². The minimum atomic E-state index is -4.27. The van der Waals surface area contributed by atoms with E-state index in [1.165, 1.54) is 18.6 Å². The first-order chi connectivity index (χ1) is 8.38. The number of hydrogen-bond acceptors (Lipinski definition) is 1.